The first-order chi connectivity index (χ1) is 5.91. The van der Waals surface area contributed by atoms with Crippen LogP contribution in [0.5, 0.6) is 0 Å². The van der Waals surface area contributed by atoms with Crippen molar-refractivity contribution < 1.29 is 18.0 Å². The van der Waals surface area contributed by atoms with E-state index < -0.39 is 17.6 Å². The third-order valence-electron chi connectivity index (χ3n) is 1.28. The molecular weight excluding hydrogens is 185 g/mol. The number of nitrogens with two attached hydrogens (primary N) is 1. The van der Waals surface area contributed by atoms with Crippen LogP contribution < -0.4 is 5.73 Å². The first-order valence-corrected chi connectivity index (χ1v) is 3.16. The van der Waals surface area contributed by atoms with Crippen LogP contribution in [0, 0.1) is 6.20 Å². The highest BCUT2D eigenvalue weighted by molar-refractivity contribution is 5.92. The number of hydrogen-bond donors (Lipinski definition) is 1. The molecule has 0 saturated carbocycles. The normalized spacial score (nSPS) is 11.3. The number of alkyl halides is 3. The summed E-state index contributed by atoms with van der Waals surface area (Å²) in [6, 6.07) is 0.606. The summed E-state index contributed by atoms with van der Waals surface area (Å²) in [7, 11) is 0. The van der Waals surface area contributed by atoms with Crippen molar-refractivity contribution in [2.24, 2.45) is 5.73 Å². The Bertz CT molecular complexity index is 335. The molecule has 1 heterocycles. The molecule has 1 amide bonds. The van der Waals surface area contributed by atoms with E-state index in [1.54, 1.807) is 6.20 Å². The monoisotopic (exact) mass is 189 g/mol. The highest BCUT2D eigenvalue weighted by Crippen LogP contribution is 2.28. The van der Waals surface area contributed by atoms with Crippen LogP contribution in [0.2, 0.25) is 0 Å². The van der Waals surface area contributed by atoms with E-state index >= 15 is 0 Å². The summed E-state index contributed by atoms with van der Waals surface area (Å²) in [5.41, 5.74) is 3.37. The molecule has 0 aliphatic heterocycles. The van der Waals surface area contributed by atoms with Gasteiger partial charge in [0.15, 0.2) is 0 Å². The van der Waals surface area contributed by atoms with Crippen LogP contribution in [0.25, 0.3) is 0 Å². The Labute approximate surface area is 71.4 Å². The van der Waals surface area contributed by atoms with Crippen molar-refractivity contribution in [2.45, 2.75) is 6.18 Å². The predicted octanol–water partition coefficient (Wildman–Crippen LogP) is 0.999. The number of nitrogens with zero attached hydrogens (tertiary/aromatic N) is 1. The molecule has 0 aromatic carbocycles. The van der Waals surface area contributed by atoms with E-state index in [1.807, 2.05) is 0 Å². The number of amides is 1. The second-order valence-electron chi connectivity index (χ2n) is 2.25. The van der Waals surface area contributed by atoms with E-state index in [0.717, 1.165) is 6.20 Å². The highest BCUT2D eigenvalue weighted by atomic mass is 19.4. The Morgan fingerprint density at radius 3 is 2.62 bits per heavy atom. The molecule has 0 bridgehead atoms. The van der Waals surface area contributed by atoms with Crippen molar-refractivity contribution in [3.63, 3.8) is 0 Å². The van der Waals surface area contributed by atoms with Gasteiger partial charge in [0, 0.05) is 6.20 Å². The second kappa shape index (κ2) is 3.04. The van der Waals surface area contributed by atoms with Gasteiger partial charge in [-0.2, -0.15) is 13.2 Å². The number of carbonyl (C=O) groups is 1. The molecule has 1 aromatic heterocycles. The van der Waals surface area contributed by atoms with E-state index in [1.165, 1.54) is 0 Å². The first kappa shape index (κ1) is 9.50. The molecule has 1 rings (SSSR count). The molecule has 0 atom stereocenters. The van der Waals surface area contributed by atoms with Gasteiger partial charge in [0.25, 0.3) is 0 Å². The molecule has 0 aliphatic carbocycles. The lowest BCUT2D eigenvalue weighted by Gasteiger charge is -2.05. The molecule has 0 unspecified atom stereocenters. The Kier molecular flexibility index (Phi) is 2.22. The molecule has 6 heteroatoms. The molecule has 1 radical (unpaired) electrons. The average Bonchev–Trinajstić information content (AvgIpc) is 2.03. The standard InChI is InChI=1S/C7H4F3N2O/c8-7(9,10)5-1-4(6(11)13)2-12-3-5/h1-2H,(H2,11,13). The summed E-state index contributed by atoms with van der Waals surface area (Å²) in [6.45, 7) is 0. The molecule has 2 N–H and O–H groups in total. The van der Waals surface area contributed by atoms with Crippen LogP contribution in [0.3, 0.4) is 0 Å². The molecule has 0 saturated heterocycles. The fourth-order valence-electron chi connectivity index (χ4n) is 0.676. The maximum Gasteiger partial charge on any atom is 0.418 e. The van der Waals surface area contributed by atoms with Crippen LogP contribution in [-0.2, 0) is 6.18 Å². The minimum Gasteiger partial charge on any atom is -0.366 e. The van der Waals surface area contributed by atoms with Crippen molar-refractivity contribution in [3.8, 4) is 0 Å². The first-order valence-electron chi connectivity index (χ1n) is 3.16. The van der Waals surface area contributed by atoms with Crippen molar-refractivity contribution >= 4 is 5.91 Å². The van der Waals surface area contributed by atoms with Gasteiger partial charge in [0.05, 0.1) is 11.1 Å². The van der Waals surface area contributed by atoms with Crippen LogP contribution >= 0.6 is 0 Å². The number of pyridine rings is 1. The van der Waals surface area contributed by atoms with Gasteiger partial charge in [-0.25, -0.2) is 0 Å². The fourth-order valence-corrected chi connectivity index (χ4v) is 0.676. The SMILES string of the molecule is NC(=O)c1cn[c]c(C(F)(F)F)c1. The summed E-state index contributed by atoms with van der Waals surface area (Å²) < 4.78 is 36.0. The van der Waals surface area contributed by atoms with Gasteiger partial charge in [0.2, 0.25) is 5.91 Å². The van der Waals surface area contributed by atoms with Crippen LogP contribution in [0.4, 0.5) is 13.2 Å². The van der Waals surface area contributed by atoms with Gasteiger partial charge in [-0.15, -0.1) is 0 Å². The Morgan fingerprint density at radius 1 is 1.54 bits per heavy atom. The minimum atomic E-state index is -4.56. The van der Waals surface area contributed by atoms with Gasteiger partial charge < -0.3 is 5.73 Å². The van der Waals surface area contributed by atoms with Crippen LogP contribution in [0.1, 0.15) is 15.9 Å². The van der Waals surface area contributed by atoms with Gasteiger partial charge >= 0.3 is 6.18 Å². The summed E-state index contributed by atoms with van der Waals surface area (Å²) in [5.74, 6) is -0.952. The Hall–Kier alpha value is -1.59. The van der Waals surface area contributed by atoms with Gasteiger partial charge in [-0.3, -0.25) is 9.78 Å². The number of primary amides is 1. The topological polar surface area (TPSA) is 56.0 Å². The molecule has 69 valence electrons. The fraction of sp³-hybridized carbons (Fsp3) is 0.143. The largest absolute Gasteiger partial charge is 0.418 e. The molecule has 0 spiro atoms. The van der Waals surface area contributed by atoms with E-state index in [4.69, 9.17) is 5.73 Å². The summed E-state index contributed by atoms with van der Waals surface area (Å²) in [6.07, 6.45) is -1.91. The second-order valence-corrected chi connectivity index (χ2v) is 2.25. The highest BCUT2D eigenvalue weighted by Gasteiger charge is 2.31. The zero-order chi connectivity index (χ0) is 10.1. The van der Waals surface area contributed by atoms with Crippen molar-refractivity contribution in [1.82, 2.24) is 4.98 Å². The molecule has 0 fully saturated rings. The maximum atomic E-state index is 12.0. The lowest BCUT2D eigenvalue weighted by molar-refractivity contribution is -0.138. The van der Waals surface area contributed by atoms with E-state index in [9.17, 15) is 18.0 Å². The van der Waals surface area contributed by atoms with E-state index in [2.05, 4.69) is 4.98 Å². The zero-order valence-electron chi connectivity index (χ0n) is 6.22. The predicted molar refractivity (Wildman–Crippen MR) is 36.6 cm³/mol. The molecule has 1 aromatic rings. The van der Waals surface area contributed by atoms with Crippen molar-refractivity contribution in [2.75, 3.05) is 0 Å². The van der Waals surface area contributed by atoms with Crippen molar-refractivity contribution in [3.05, 3.63) is 29.6 Å². The quantitative estimate of drug-likeness (QED) is 0.716. The Morgan fingerprint density at radius 2 is 2.15 bits per heavy atom. The smallest absolute Gasteiger partial charge is 0.366 e. The number of carbonyl (C=O) groups excluding carboxylic acids is 1. The van der Waals surface area contributed by atoms with Gasteiger partial charge in [-0.1, -0.05) is 0 Å². The maximum absolute atomic E-state index is 12.0. The third kappa shape index (κ3) is 2.17. The molecular formula is C7H4F3N2O. The zero-order valence-corrected chi connectivity index (χ0v) is 6.22. The summed E-state index contributed by atoms with van der Waals surface area (Å²) in [5, 5.41) is 0. The lowest BCUT2D eigenvalue weighted by atomic mass is 10.2. The number of rotatable bonds is 1. The number of halogens is 3. The third-order valence-corrected chi connectivity index (χ3v) is 1.28. The number of aromatic nitrogens is 1. The average molecular weight is 189 g/mol. The molecule has 13 heavy (non-hydrogen) atoms. The van der Waals surface area contributed by atoms with Gasteiger partial charge in [-0.05, 0) is 6.07 Å². The van der Waals surface area contributed by atoms with Crippen LogP contribution in [0.15, 0.2) is 12.3 Å². The Balaban J connectivity index is 3.13. The molecule has 3 nitrogen and oxygen atoms in total. The van der Waals surface area contributed by atoms with Crippen LogP contribution in [-0.4, -0.2) is 10.9 Å². The number of hydrogen-bond acceptors (Lipinski definition) is 2. The minimum absolute atomic E-state index is 0.286. The van der Waals surface area contributed by atoms with E-state index in [-0.39, 0.29) is 5.56 Å². The summed E-state index contributed by atoms with van der Waals surface area (Å²) in [4.78, 5) is 13.6. The summed E-state index contributed by atoms with van der Waals surface area (Å²) >= 11 is 0. The molecule has 0 aliphatic rings. The van der Waals surface area contributed by atoms with Crippen molar-refractivity contribution in [1.29, 1.82) is 0 Å². The lowest BCUT2D eigenvalue weighted by Crippen LogP contribution is -2.14. The van der Waals surface area contributed by atoms with Gasteiger partial charge in [0.1, 0.15) is 6.20 Å². The van der Waals surface area contributed by atoms with E-state index in [0.29, 0.717) is 6.07 Å².